The Kier molecular flexibility index (Phi) is 5.42. The first-order chi connectivity index (χ1) is 9.61. The van der Waals surface area contributed by atoms with Crippen molar-refractivity contribution in [3.05, 3.63) is 12.4 Å². The van der Waals surface area contributed by atoms with Crippen molar-refractivity contribution in [2.24, 2.45) is 5.92 Å². The number of imidazole rings is 1. The third-order valence-electron chi connectivity index (χ3n) is 3.48. The van der Waals surface area contributed by atoms with Gasteiger partial charge < -0.3 is 14.6 Å². The van der Waals surface area contributed by atoms with Gasteiger partial charge in [0.25, 0.3) is 0 Å². The van der Waals surface area contributed by atoms with Gasteiger partial charge in [-0.25, -0.2) is 13.4 Å². The van der Waals surface area contributed by atoms with Crippen molar-refractivity contribution in [1.82, 2.24) is 9.55 Å². The van der Waals surface area contributed by atoms with Crippen LogP contribution in [0.4, 0.5) is 5.95 Å². The summed E-state index contributed by atoms with van der Waals surface area (Å²) in [6.07, 6.45) is 5.38. The van der Waals surface area contributed by atoms with E-state index in [1.54, 1.807) is 6.20 Å². The number of aryl methyl sites for hydroxylation is 1. The first kappa shape index (κ1) is 15.3. The molecule has 1 aromatic heterocycles. The number of anilines is 1. The van der Waals surface area contributed by atoms with Crippen molar-refractivity contribution in [3.63, 3.8) is 0 Å². The van der Waals surface area contributed by atoms with Crippen LogP contribution in [-0.4, -0.2) is 49.2 Å². The van der Waals surface area contributed by atoms with E-state index in [1.807, 2.05) is 17.7 Å². The highest BCUT2D eigenvalue weighted by Crippen LogP contribution is 2.19. The highest BCUT2D eigenvalue weighted by Gasteiger charge is 2.27. The van der Waals surface area contributed by atoms with Crippen LogP contribution < -0.4 is 5.32 Å². The molecule has 0 spiro atoms. The topological polar surface area (TPSA) is 73.2 Å². The van der Waals surface area contributed by atoms with Gasteiger partial charge in [-0.1, -0.05) is 0 Å². The first-order valence-electron chi connectivity index (χ1n) is 7.14. The smallest absolute Gasteiger partial charge is 0.202 e. The highest BCUT2D eigenvalue weighted by atomic mass is 32.2. The first-order valence-corrected chi connectivity index (χ1v) is 8.96. The Morgan fingerprint density at radius 1 is 1.55 bits per heavy atom. The molecule has 0 aromatic carbocycles. The van der Waals surface area contributed by atoms with Gasteiger partial charge in [0.15, 0.2) is 9.84 Å². The molecule has 1 aromatic rings. The molecule has 6 nitrogen and oxygen atoms in total. The lowest BCUT2D eigenvalue weighted by Gasteiger charge is -2.12. The van der Waals surface area contributed by atoms with Crippen molar-refractivity contribution in [1.29, 1.82) is 0 Å². The number of rotatable bonds is 8. The number of aromatic nitrogens is 2. The van der Waals surface area contributed by atoms with Crippen LogP contribution >= 0.6 is 0 Å². The summed E-state index contributed by atoms with van der Waals surface area (Å²) in [5.74, 6) is 1.63. The number of hydrogen-bond donors (Lipinski definition) is 1. The quantitative estimate of drug-likeness (QED) is 0.729. The van der Waals surface area contributed by atoms with E-state index in [2.05, 4.69) is 10.3 Å². The molecule has 2 heterocycles. The zero-order valence-electron chi connectivity index (χ0n) is 11.9. The Bertz CT molecular complexity index is 513. The Balaban J connectivity index is 1.77. The number of nitrogens with one attached hydrogen (secondary N) is 1. The molecule has 0 aliphatic carbocycles. The lowest BCUT2D eigenvalue weighted by Crippen LogP contribution is -2.18. The minimum Gasteiger partial charge on any atom is -0.382 e. The van der Waals surface area contributed by atoms with Gasteiger partial charge in [0, 0.05) is 38.7 Å². The van der Waals surface area contributed by atoms with Gasteiger partial charge in [0.2, 0.25) is 5.95 Å². The maximum absolute atomic E-state index is 11.4. The summed E-state index contributed by atoms with van der Waals surface area (Å²) < 4.78 is 30.2. The van der Waals surface area contributed by atoms with E-state index in [1.165, 1.54) is 0 Å². The Morgan fingerprint density at radius 3 is 3.10 bits per heavy atom. The predicted molar refractivity (Wildman–Crippen MR) is 78.6 cm³/mol. The molecular formula is C13H23N3O3S. The Hall–Kier alpha value is -1.08. The summed E-state index contributed by atoms with van der Waals surface area (Å²) in [6, 6.07) is 0. The molecule has 1 atom stereocenters. The van der Waals surface area contributed by atoms with Crippen LogP contribution in [0.3, 0.4) is 0 Å². The molecule has 0 radical (unpaired) electrons. The summed E-state index contributed by atoms with van der Waals surface area (Å²) in [5.41, 5.74) is 0. The van der Waals surface area contributed by atoms with Crippen LogP contribution in [0.5, 0.6) is 0 Å². The lowest BCUT2D eigenvalue weighted by atomic mass is 10.1. The van der Waals surface area contributed by atoms with E-state index in [4.69, 9.17) is 4.74 Å². The number of sulfone groups is 1. The second-order valence-corrected chi connectivity index (χ2v) is 7.37. The zero-order valence-corrected chi connectivity index (χ0v) is 12.7. The van der Waals surface area contributed by atoms with Crippen LogP contribution in [-0.2, 0) is 21.1 Å². The average Bonchev–Trinajstić information content (AvgIpc) is 2.98. The van der Waals surface area contributed by atoms with E-state index in [9.17, 15) is 8.42 Å². The maximum Gasteiger partial charge on any atom is 0.202 e. The van der Waals surface area contributed by atoms with Gasteiger partial charge in [-0.3, -0.25) is 0 Å². The van der Waals surface area contributed by atoms with Crippen molar-refractivity contribution >= 4 is 15.8 Å². The Labute approximate surface area is 120 Å². The summed E-state index contributed by atoms with van der Waals surface area (Å²) in [6.45, 7) is 4.99. The standard InChI is InChI=1S/C13H23N3O3S/c1-2-19-8-3-6-16-7-5-14-13(16)15-10-12-4-9-20(17,18)11-12/h5,7,12H,2-4,6,8-11H2,1H3,(H,14,15). The summed E-state index contributed by atoms with van der Waals surface area (Å²) in [4.78, 5) is 4.27. The lowest BCUT2D eigenvalue weighted by molar-refractivity contribution is 0.142. The fourth-order valence-electron chi connectivity index (χ4n) is 2.41. The van der Waals surface area contributed by atoms with Gasteiger partial charge in [0.1, 0.15) is 0 Å². The SMILES string of the molecule is CCOCCCn1ccnc1NCC1CCS(=O)(=O)C1. The van der Waals surface area contributed by atoms with Gasteiger partial charge >= 0.3 is 0 Å². The maximum atomic E-state index is 11.4. The predicted octanol–water partition coefficient (Wildman–Crippen LogP) is 1.16. The zero-order chi connectivity index (χ0) is 14.4. The van der Waals surface area contributed by atoms with E-state index >= 15 is 0 Å². The second-order valence-electron chi connectivity index (χ2n) is 5.14. The largest absolute Gasteiger partial charge is 0.382 e. The van der Waals surface area contributed by atoms with E-state index in [0.29, 0.717) is 18.1 Å². The van der Waals surface area contributed by atoms with Crippen molar-refractivity contribution in [2.75, 3.05) is 36.6 Å². The molecule has 1 aliphatic heterocycles. The molecule has 114 valence electrons. The van der Waals surface area contributed by atoms with E-state index in [0.717, 1.165) is 38.5 Å². The van der Waals surface area contributed by atoms with Gasteiger partial charge in [-0.15, -0.1) is 0 Å². The number of hydrogen-bond acceptors (Lipinski definition) is 5. The number of ether oxygens (including phenoxy) is 1. The van der Waals surface area contributed by atoms with E-state index in [-0.39, 0.29) is 5.92 Å². The summed E-state index contributed by atoms with van der Waals surface area (Å²) in [7, 11) is -2.80. The molecule has 7 heteroatoms. The monoisotopic (exact) mass is 301 g/mol. The van der Waals surface area contributed by atoms with Crippen molar-refractivity contribution < 1.29 is 13.2 Å². The molecule has 1 fully saturated rings. The molecule has 20 heavy (non-hydrogen) atoms. The van der Waals surface area contributed by atoms with E-state index < -0.39 is 9.84 Å². The van der Waals surface area contributed by atoms with Crippen LogP contribution in [0.2, 0.25) is 0 Å². The van der Waals surface area contributed by atoms with Crippen molar-refractivity contribution in [2.45, 2.75) is 26.3 Å². The van der Waals surface area contributed by atoms with Crippen LogP contribution in [0, 0.1) is 5.92 Å². The van der Waals surface area contributed by atoms with Crippen LogP contribution in [0.1, 0.15) is 19.8 Å². The van der Waals surface area contributed by atoms with Crippen molar-refractivity contribution in [3.8, 4) is 0 Å². The molecule has 1 unspecified atom stereocenters. The average molecular weight is 301 g/mol. The highest BCUT2D eigenvalue weighted by molar-refractivity contribution is 7.91. The number of nitrogens with zero attached hydrogens (tertiary/aromatic N) is 2. The van der Waals surface area contributed by atoms with Gasteiger partial charge in [-0.05, 0) is 25.7 Å². The fraction of sp³-hybridized carbons (Fsp3) is 0.769. The van der Waals surface area contributed by atoms with Crippen LogP contribution in [0.25, 0.3) is 0 Å². The summed E-state index contributed by atoms with van der Waals surface area (Å²) >= 11 is 0. The minimum atomic E-state index is -2.80. The molecular weight excluding hydrogens is 278 g/mol. The Morgan fingerprint density at radius 2 is 2.40 bits per heavy atom. The third kappa shape index (κ3) is 4.49. The van der Waals surface area contributed by atoms with Gasteiger partial charge in [0.05, 0.1) is 11.5 Å². The molecule has 2 rings (SSSR count). The van der Waals surface area contributed by atoms with Gasteiger partial charge in [-0.2, -0.15) is 0 Å². The molecule has 0 saturated carbocycles. The molecule has 0 amide bonds. The normalized spacial score (nSPS) is 21.1. The molecule has 0 bridgehead atoms. The summed E-state index contributed by atoms with van der Waals surface area (Å²) in [5, 5.41) is 3.26. The minimum absolute atomic E-state index is 0.202. The fourth-order valence-corrected chi connectivity index (χ4v) is 4.27. The van der Waals surface area contributed by atoms with Crippen LogP contribution in [0.15, 0.2) is 12.4 Å². The molecule has 1 saturated heterocycles. The third-order valence-corrected chi connectivity index (χ3v) is 5.32. The molecule has 1 N–H and O–H groups in total. The molecule has 1 aliphatic rings. The second kappa shape index (κ2) is 7.08.